The summed E-state index contributed by atoms with van der Waals surface area (Å²) in [6.45, 7) is 8.41. The van der Waals surface area contributed by atoms with Crippen LogP contribution < -0.4 is 26.2 Å². The molecule has 3 aliphatic heterocycles. The highest BCUT2D eigenvalue weighted by atomic mass is 35.5. The molecule has 2 fully saturated rings. The predicted molar refractivity (Wildman–Crippen MR) is 340 cm³/mol. The molecule has 10 rings (SSSR count). The molecule has 0 unspecified atom stereocenters. The molecule has 4 heterocycles. The van der Waals surface area contributed by atoms with Gasteiger partial charge < -0.3 is 19.9 Å². The average Bonchev–Trinajstić information content (AvgIpc) is 1.50. The van der Waals surface area contributed by atoms with Gasteiger partial charge in [-0.05, 0) is 140 Å². The fraction of sp³-hybridized carbons (Fsp3) is 0.369. The Morgan fingerprint density at radius 3 is 2.30 bits per heavy atom. The number of hydrogen-bond donors (Lipinski definition) is 3. The van der Waals surface area contributed by atoms with Gasteiger partial charge in [0.15, 0.2) is 0 Å². The van der Waals surface area contributed by atoms with Crippen molar-refractivity contribution in [3.63, 3.8) is 0 Å². The van der Waals surface area contributed by atoms with Crippen LogP contribution in [0.2, 0.25) is 5.02 Å². The average molecular weight is 1300 g/mol. The maximum atomic E-state index is 15.4. The topological polar surface area (TPSA) is 186 Å². The Morgan fingerprint density at radius 1 is 0.831 bits per heavy atom. The van der Waals surface area contributed by atoms with Gasteiger partial charge in [-0.15, -0.1) is 18.2 Å². The van der Waals surface area contributed by atoms with E-state index in [0.29, 0.717) is 120 Å². The molecular weight excluding hydrogens is 1230 g/mol. The number of H-pyrrole nitrogens is 1. The summed E-state index contributed by atoms with van der Waals surface area (Å²) in [5.74, 6) is 2.14. The number of carbonyl (C=O) groups excluding carboxylic acids is 1. The first-order chi connectivity index (χ1) is 42.6. The number of amides is 1. The Balaban J connectivity index is 0.778. The van der Waals surface area contributed by atoms with E-state index < -0.39 is 69.5 Å². The van der Waals surface area contributed by atoms with E-state index in [1.165, 1.54) is 57.9 Å². The first kappa shape index (κ1) is 65.0. The number of hydrogen-bond acceptors (Lipinski definition) is 14. The highest BCUT2D eigenvalue weighted by Gasteiger charge is 2.49. The van der Waals surface area contributed by atoms with E-state index in [9.17, 15) is 44.4 Å². The lowest BCUT2D eigenvalue weighted by Crippen LogP contribution is -2.48. The van der Waals surface area contributed by atoms with E-state index >= 15 is 4.39 Å². The standard InChI is InChI=1S/C65H69ClF4N8O8S3/c1-2-64(45-76-28-22-48(23-29-76)57-39-46(9-19-58(57)67)42-78-31-25-61(79)72-63(78)81)26-21-56(47-10-14-51(66)15-11-47)50(41-64)43-75-32-34-77(35-33-75)53-16-12-49(13-17-53)62(80)73-89(84,85)55-18-20-59(60(40-55)88(82,83)65(68,69)70)71-52(44-87-54-7-4-3-5-8-54)24-30-74-27-6-37-86-38-36-74/h1,3-5,7-20,22,25,31,39-40,52,71H,6,21,23-24,26-30,32-38,41-45H2,(H,73,80)(H,72,79,81)/t52-,64-/m1/s1. The quantitative estimate of drug-likeness (QED) is 0.0351. The SMILES string of the molecule is C#C[C@@]1(CN2CC=C(c3cc(Cn4ccc(=O)[nH]c4=O)ccc3F)CC2)CCC(c2ccc(Cl)cc2)=C(CN2CCN(c3ccc(C(=O)NS(=O)(=O)c4ccc(N[C@H](CCN5CCCOCC5)CSc5ccccc5)c(S(=O)(=O)C(F)(F)F)c4)cc3)CC2)C1. The van der Waals surface area contributed by atoms with Crippen LogP contribution in [-0.2, 0) is 31.1 Å². The number of piperazine rings is 1. The zero-order chi connectivity index (χ0) is 62.9. The van der Waals surface area contributed by atoms with Crippen molar-refractivity contribution in [2.24, 2.45) is 5.41 Å². The first-order valence-electron chi connectivity index (χ1n) is 29.4. The minimum Gasteiger partial charge on any atom is -0.380 e. The highest BCUT2D eigenvalue weighted by molar-refractivity contribution is 7.99. The maximum absolute atomic E-state index is 15.4. The van der Waals surface area contributed by atoms with Gasteiger partial charge in [0.2, 0.25) is 0 Å². The predicted octanol–water partition coefficient (Wildman–Crippen LogP) is 9.64. The summed E-state index contributed by atoms with van der Waals surface area (Å²) < 4.78 is 121. The highest BCUT2D eigenvalue weighted by Crippen LogP contribution is 2.45. The molecule has 4 aliphatic rings. The number of carbonyl (C=O) groups is 1. The fourth-order valence-corrected chi connectivity index (χ4v) is 15.1. The molecule has 2 saturated heterocycles. The number of sulfone groups is 1. The van der Waals surface area contributed by atoms with Crippen molar-refractivity contribution < 1.29 is 43.9 Å². The number of sulfonamides is 1. The van der Waals surface area contributed by atoms with Crippen LogP contribution in [0.3, 0.4) is 0 Å². The molecule has 6 aromatic rings. The summed E-state index contributed by atoms with van der Waals surface area (Å²) in [4.78, 5) is 47.6. The van der Waals surface area contributed by atoms with Crippen molar-refractivity contribution in [2.45, 2.75) is 71.3 Å². The Morgan fingerprint density at radius 2 is 1.60 bits per heavy atom. The third-order valence-electron chi connectivity index (χ3n) is 16.8. The number of alkyl halides is 3. The normalized spacial score (nSPS) is 18.8. The van der Waals surface area contributed by atoms with Gasteiger partial charge in [0, 0.05) is 135 Å². The minimum atomic E-state index is -6.11. The molecule has 1 aliphatic carbocycles. The van der Waals surface area contributed by atoms with Gasteiger partial charge in [0.05, 0.1) is 23.7 Å². The molecule has 16 nitrogen and oxygen atoms in total. The second kappa shape index (κ2) is 28.4. The van der Waals surface area contributed by atoms with Crippen LogP contribution in [0.15, 0.2) is 163 Å². The van der Waals surface area contributed by atoms with Crippen LogP contribution in [-0.4, -0.2) is 150 Å². The molecule has 89 heavy (non-hydrogen) atoms. The van der Waals surface area contributed by atoms with Crippen LogP contribution in [0.4, 0.5) is 28.9 Å². The Kier molecular flexibility index (Phi) is 20.8. The number of aromatic nitrogens is 2. The maximum Gasteiger partial charge on any atom is 0.501 e. The fourth-order valence-electron chi connectivity index (χ4n) is 11.9. The largest absolute Gasteiger partial charge is 0.501 e. The van der Waals surface area contributed by atoms with Gasteiger partial charge in [-0.25, -0.2) is 30.7 Å². The van der Waals surface area contributed by atoms with Crippen LogP contribution in [0.5, 0.6) is 0 Å². The Hall–Kier alpha value is -7.01. The monoisotopic (exact) mass is 1300 g/mol. The number of rotatable bonds is 21. The number of nitrogens with zero attached hydrogens (tertiary/aromatic N) is 5. The van der Waals surface area contributed by atoms with Gasteiger partial charge in [-0.2, -0.15) is 13.2 Å². The summed E-state index contributed by atoms with van der Waals surface area (Å²) in [6, 6.07) is 31.4. The van der Waals surface area contributed by atoms with Crippen molar-refractivity contribution in [3.05, 3.63) is 193 Å². The van der Waals surface area contributed by atoms with Crippen LogP contribution in [0, 0.1) is 23.6 Å². The summed E-state index contributed by atoms with van der Waals surface area (Å²) in [7, 11) is -11.0. The van der Waals surface area contributed by atoms with Gasteiger partial charge >= 0.3 is 11.2 Å². The molecule has 5 aromatic carbocycles. The number of anilines is 2. The lowest BCUT2D eigenvalue weighted by molar-refractivity contribution is -0.0436. The molecule has 24 heteroatoms. The lowest BCUT2D eigenvalue weighted by atomic mass is 9.70. The summed E-state index contributed by atoms with van der Waals surface area (Å²) in [6.07, 6.45) is 14.0. The third-order valence-corrected chi connectivity index (χ3v) is 21.1. The first-order valence-corrected chi connectivity index (χ1v) is 33.8. The number of thioether (sulfide) groups is 1. The van der Waals surface area contributed by atoms with E-state index in [1.807, 2.05) is 65.4 Å². The molecule has 0 bridgehead atoms. The van der Waals surface area contributed by atoms with E-state index in [-0.39, 0.29) is 17.9 Å². The van der Waals surface area contributed by atoms with Gasteiger partial charge in [0.25, 0.3) is 31.3 Å². The Bertz CT molecular complexity index is 3980. The van der Waals surface area contributed by atoms with Crippen molar-refractivity contribution in [1.29, 1.82) is 0 Å². The second-order valence-corrected chi connectivity index (χ2v) is 28.0. The Labute approximate surface area is 524 Å². The molecule has 3 N–H and O–H groups in total. The van der Waals surface area contributed by atoms with Gasteiger partial charge in [0.1, 0.15) is 10.7 Å². The number of allylic oxidation sites excluding steroid dienone is 1. The van der Waals surface area contributed by atoms with Crippen molar-refractivity contribution in [2.75, 3.05) is 101 Å². The number of terminal acetylenes is 1. The number of halogens is 5. The number of aromatic amines is 1. The second-order valence-electron chi connectivity index (χ2n) is 22.9. The summed E-state index contributed by atoms with van der Waals surface area (Å²) in [5.41, 5.74) is -1.38. The zero-order valence-corrected chi connectivity index (χ0v) is 52.0. The van der Waals surface area contributed by atoms with E-state index in [0.717, 1.165) is 65.2 Å². The number of ether oxygens (including phenoxy) is 1. The molecule has 0 radical (unpaired) electrons. The van der Waals surface area contributed by atoms with Gasteiger partial charge in [-0.3, -0.25) is 28.9 Å². The van der Waals surface area contributed by atoms with E-state index in [2.05, 4.69) is 35.8 Å². The van der Waals surface area contributed by atoms with Crippen molar-refractivity contribution in [3.8, 4) is 12.3 Å². The zero-order valence-electron chi connectivity index (χ0n) is 48.8. The van der Waals surface area contributed by atoms with E-state index in [4.69, 9.17) is 22.8 Å². The number of benzene rings is 5. The van der Waals surface area contributed by atoms with Crippen LogP contribution in [0.1, 0.15) is 65.6 Å². The minimum absolute atomic E-state index is 0.0524. The van der Waals surface area contributed by atoms with E-state index in [1.54, 1.807) is 24.3 Å². The van der Waals surface area contributed by atoms with Crippen LogP contribution >= 0.6 is 23.4 Å². The van der Waals surface area contributed by atoms with Crippen molar-refractivity contribution >= 4 is 71.7 Å². The smallest absolute Gasteiger partial charge is 0.380 e. The van der Waals surface area contributed by atoms with Crippen molar-refractivity contribution in [1.82, 2.24) is 29.0 Å². The van der Waals surface area contributed by atoms with Crippen LogP contribution in [0.25, 0.3) is 11.1 Å². The number of nitrogens with one attached hydrogen (secondary N) is 3. The third kappa shape index (κ3) is 16.3. The summed E-state index contributed by atoms with van der Waals surface area (Å²) >= 11 is 7.79. The summed E-state index contributed by atoms with van der Waals surface area (Å²) in [5, 5.41) is 3.64. The van der Waals surface area contributed by atoms with Gasteiger partial charge in [-0.1, -0.05) is 65.6 Å². The molecule has 1 aromatic heterocycles. The molecular formula is C65H69ClF4N8O8S3. The molecule has 0 spiro atoms. The lowest BCUT2D eigenvalue weighted by Gasteiger charge is -2.42. The molecule has 2 atom stereocenters. The molecule has 1 amide bonds. The molecule has 0 saturated carbocycles. The molecule has 470 valence electrons.